The smallest absolute Gasteiger partial charge is 0.309 e. The minimum Gasteiger partial charge on any atom is -0.481 e. The molecule has 1 aromatic carbocycles. The van der Waals surface area contributed by atoms with E-state index in [1.165, 1.54) is 5.56 Å². The van der Waals surface area contributed by atoms with Crippen molar-refractivity contribution < 1.29 is 9.90 Å². The predicted molar refractivity (Wildman–Crippen MR) is 87.3 cm³/mol. The Labute approximate surface area is 128 Å². The molecule has 0 heterocycles. The van der Waals surface area contributed by atoms with Gasteiger partial charge in [0.2, 0.25) is 0 Å². The first kappa shape index (κ1) is 17.3. The van der Waals surface area contributed by atoms with E-state index in [-0.39, 0.29) is 0 Å². The Morgan fingerprint density at radius 1 is 1.19 bits per heavy atom. The van der Waals surface area contributed by atoms with E-state index >= 15 is 0 Å². The van der Waals surface area contributed by atoms with Crippen LogP contribution in [0, 0.1) is 5.41 Å². The van der Waals surface area contributed by atoms with Crippen molar-refractivity contribution in [3.63, 3.8) is 0 Å². The first-order valence-electron chi connectivity index (χ1n) is 7.61. The molecule has 0 amide bonds. The first-order chi connectivity index (χ1) is 9.95. The highest BCUT2D eigenvalue weighted by Gasteiger charge is 2.27. The van der Waals surface area contributed by atoms with Crippen LogP contribution < -0.4 is 0 Å². The lowest BCUT2D eigenvalue weighted by molar-refractivity contribution is -0.146. The maximum atomic E-state index is 11.1. The van der Waals surface area contributed by atoms with E-state index in [0.29, 0.717) is 6.42 Å². The van der Waals surface area contributed by atoms with Crippen molar-refractivity contribution in [2.24, 2.45) is 5.41 Å². The van der Waals surface area contributed by atoms with Gasteiger partial charge in [-0.1, -0.05) is 43.3 Å². The summed E-state index contributed by atoms with van der Waals surface area (Å²) in [7, 11) is 0. The zero-order valence-electron chi connectivity index (χ0n) is 13.2. The lowest BCUT2D eigenvalue weighted by Crippen LogP contribution is -2.24. The number of carboxylic acid groups (broad SMARTS) is 1. The van der Waals surface area contributed by atoms with Crippen LogP contribution in [-0.4, -0.2) is 11.1 Å². The van der Waals surface area contributed by atoms with Crippen molar-refractivity contribution >= 4 is 5.97 Å². The fraction of sp³-hybridized carbons (Fsp3) is 0.474. The molecule has 21 heavy (non-hydrogen) atoms. The summed E-state index contributed by atoms with van der Waals surface area (Å²) in [5.41, 5.74) is 4.60. The molecule has 0 radical (unpaired) electrons. The molecule has 0 aliphatic heterocycles. The second-order valence-corrected chi connectivity index (χ2v) is 6.19. The zero-order valence-corrected chi connectivity index (χ0v) is 13.2. The SMILES string of the molecule is C=C=C(CCCCCc1ccccc1)CC(C)(C)C(=O)O. The van der Waals surface area contributed by atoms with Crippen molar-refractivity contribution in [3.8, 4) is 0 Å². The van der Waals surface area contributed by atoms with E-state index in [9.17, 15) is 4.79 Å². The summed E-state index contributed by atoms with van der Waals surface area (Å²) in [6, 6.07) is 10.5. The number of aliphatic carboxylic acids is 1. The zero-order chi connectivity index (χ0) is 15.7. The van der Waals surface area contributed by atoms with Crippen molar-refractivity contribution in [3.05, 3.63) is 53.8 Å². The number of hydrogen-bond donors (Lipinski definition) is 1. The third kappa shape index (κ3) is 6.46. The van der Waals surface area contributed by atoms with Gasteiger partial charge in [0.05, 0.1) is 5.41 Å². The number of carbonyl (C=O) groups is 1. The summed E-state index contributed by atoms with van der Waals surface area (Å²) in [6.45, 7) is 7.20. The lowest BCUT2D eigenvalue weighted by Gasteiger charge is -2.19. The van der Waals surface area contributed by atoms with Crippen LogP contribution in [0.15, 0.2) is 48.2 Å². The number of allylic oxidation sites excluding steroid dienone is 1. The molecule has 0 aliphatic rings. The molecule has 0 saturated heterocycles. The number of benzene rings is 1. The summed E-state index contributed by atoms with van der Waals surface area (Å²) >= 11 is 0. The average molecular weight is 286 g/mol. The molecular weight excluding hydrogens is 260 g/mol. The highest BCUT2D eigenvalue weighted by Crippen LogP contribution is 2.27. The monoisotopic (exact) mass is 286 g/mol. The van der Waals surface area contributed by atoms with Gasteiger partial charge in [0.25, 0.3) is 0 Å². The Kier molecular flexibility index (Phi) is 6.98. The molecule has 0 spiro atoms. The minimum absolute atomic E-state index is 0.532. The maximum Gasteiger partial charge on any atom is 0.309 e. The van der Waals surface area contributed by atoms with Gasteiger partial charge in [-0.15, -0.1) is 5.73 Å². The normalized spacial score (nSPS) is 11.0. The molecule has 0 unspecified atom stereocenters. The van der Waals surface area contributed by atoms with E-state index in [1.54, 1.807) is 13.8 Å². The molecule has 2 nitrogen and oxygen atoms in total. The highest BCUT2D eigenvalue weighted by molar-refractivity contribution is 5.74. The third-order valence-corrected chi connectivity index (χ3v) is 3.77. The Hall–Kier alpha value is -1.79. The molecule has 114 valence electrons. The molecule has 1 N–H and O–H groups in total. The van der Waals surface area contributed by atoms with E-state index in [1.807, 2.05) is 6.07 Å². The number of unbranched alkanes of at least 4 members (excludes halogenated alkanes) is 2. The quantitative estimate of drug-likeness (QED) is 0.512. The minimum atomic E-state index is -0.765. The Morgan fingerprint density at radius 3 is 2.43 bits per heavy atom. The Bertz CT molecular complexity index is 494. The molecule has 0 bridgehead atoms. The number of carboxylic acids is 1. The first-order valence-corrected chi connectivity index (χ1v) is 7.61. The van der Waals surface area contributed by atoms with Crippen LogP contribution in [0.3, 0.4) is 0 Å². The van der Waals surface area contributed by atoms with Gasteiger partial charge >= 0.3 is 5.97 Å². The summed E-state index contributed by atoms with van der Waals surface area (Å²) in [6.07, 6.45) is 5.92. The van der Waals surface area contributed by atoms with Crippen molar-refractivity contribution in [2.45, 2.75) is 52.4 Å². The molecule has 2 heteroatoms. The van der Waals surface area contributed by atoms with Gasteiger partial charge < -0.3 is 5.11 Å². The van der Waals surface area contributed by atoms with Gasteiger partial charge in [-0.25, -0.2) is 0 Å². The standard InChI is InChI=1S/C19H26O2/c1-4-16(15-19(2,3)18(20)21)11-7-5-8-12-17-13-9-6-10-14-17/h6,9-10,13-14H,1,5,7-8,11-12,15H2,2-3H3,(H,20,21). The van der Waals surface area contributed by atoms with Crippen molar-refractivity contribution in [1.29, 1.82) is 0 Å². The number of rotatable bonds is 9. The maximum absolute atomic E-state index is 11.1. The summed E-state index contributed by atoms with van der Waals surface area (Å²) in [5.74, 6) is -0.765. The Morgan fingerprint density at radius 2 is 1.86 bits per heavy atom. The molecule has 0 aromatic heterocycles. The Balaban J connectivity index is 2.27. The van der Waals surface area contributed by atoms with Crippen LogP contribution in [0.4, 0.5) is 0 Å². The topological polar surface area (TPSA) is 37.3 Å². The third-order valence-electron chi connectivity index (χ3n) is 3.77. The second kappa shape index (κ2) is 8.49. The molecule has 1 aromatic rings. The largest absolute Gasteiger partial charge is 0.481 e. The molecular formula is C19H26O2. The van der Waals surface area contributed by atoms with Gasteiger partial charge in [-0.2, -0.15) is 0 Å². The fourth-order valence-electron chi connectivity index (χ4n) is 2.34. The summed E-state index contributed by atoms with van der Waals surface area (Å²) in [5, 5.41) is 9.16. The van der Waals surface area contributed by atoms with E-state index < -0.39 is 11.4 Å². The molecule has 0 aliphatic carbocycles. The van der Waals surface area contributed by atoms with Crippen LogP contribution in [0.5, 0.6) is 0 Å². The summed E-state index contributed by atoms with van der Waals surface area (Å²) < 4.78 is 0. The highest BCUT2D eigenvalue weighted by atomic mass is 16.4. The fourth-order valence-corrected chi connectivity index (χ4v) is 2.34. The van der Waals surface area contributed by atoms with Crippen molar-refractivity contribution in [1.82, 2.24) is 0 Å². The lowest BCUT2D eigenvalue weighted by atomic mass is 9.84. The van der Waals surface area contributed by atoms with E-state index in [0.717, 1.165) is 37.7 Å². The average Bonchev–Trinajstić information content (AvgIpc) is 2.46. The molecule has 0 saturated carbocycles. The molecule has 0 atom stereocenters. The number of hydrogen-bond acceptors (Lipinski definition) is 1. The second-order valence-electron chi connectivity index (χ2n) is 6.19. The van der Waals surface area contributed by atoms with E-state index in [2.05, 4.69) is 36.6 Å². The summed E-state index contributed by atoms with van der Waals surface area (Å²) in [4.78, 5) is 11.1. The van der Waals surface area contributed by atoms with Gasteiger partial charge in [-0.05, 0) is 57.1 Å². The van der Waals surface area contributed by atoms with Crippen LogP contribution in [0.2, 0.25) is 0 Å². The van der Waals surface area contributed by atoms with Crippen LogP contribution in [-0.2, 0) is 11.2 Å². The van der Waals surface area contributed by atoms with Gasteiger partial charge in [-0.3, -0.25) is 4.79 Å². The predicted octanol–water partition coefficient (Wildman–Crippen LogP) is 5.00. The van der Waals surface area contributed by atoms with Crippen molar-refractivity contribution in [2.75, 3.05) is 0 Å². The van der Waals surface area contributed by atoms with Crippen LogP contribution in [0.25, 0.3) is 0 Å². The van der Waals surface area contributed by atoms with E-state index in [4.69, 9.17) is 5.11 Å². The van der Waals surface area contributed by atoms with Crippen LogP contribution in [0.1, 0.15) is 51.5 Å². The molecule has 1 rings (SSSR count). The molecule has 0 fully saturated rings. The van der Waals surface area contributed by atoms with Gasteiger partial charge in [0.15, 0.2) is 0 Å². The number of aryl methyl sites for hydroxylation is 1. The van der Waals surface area contributed by atoms with Crippen LogP contribution >= 0.6 is 0 Å². The van der Waals surface area contributed by atoms with Gasteiger partial charge in [0.1, 0.15) is 0 Å². The van der Waals surface area contributed by atoms with Gasteiger partial charge in [0, 0.05) is 0 Å².